The van der Waals surface area contributed by atoms with Crippen LogP contribution in [0.15, 0.2) is 60.7 Å². The van der Waals surface area contributed by atoms with Crippen LogP contribution in [0.4, 0.5) is 0 Å². The topological polar surface area (TPSA) is 209 Å². The second kappa shape index (κ2) is 19.0. The fourth-order valence-corrected chi connectivity index (χ4v) is 6.79. The number of nitrogens with zero attached hydrogens (tertiary/aromatic N) is 1. The van der Waals surface area contributed by atoms with Crippen molar-refractivity contribution in [2.75, 3.05) is 32.7 Å². The molecule has 3 atom stereocenters. The van der Waals surface area contributed by atoms with E-state index in [1.54, 1.807) is 4.90 Å². The number of amides is 4. The van der Waals surface area contributed by atoms with Crippen molar-refractivity contribution in [3.63, 3.8) is 0 Å². The number of aliphatic carboxylic acids is 1. The van der Waals surface area contributed by atoms with Crippen LogP contribution in [-0.2, 0) is 35.8 Å². The number of likely N-dealkylation sites (tertiary alicyclic amines) is 1. The summed E-state index contributed by atoms with van der Waals surface area (Å²) >= 11 is 0. The molecule has 1 aliphatic heterocycles. The number of unbranched alkanes of at least 4 members (excludes halogenated alkanes) is 1. The highest BCUT2D eigenvalue weighted by molar-refractivity contribution is 5.94. The van der Waals surface area contributed by atoms with Crippen molar-refractivity contribution < 1.29 is 29.1 Å². The third kappa shape index (κ3) is 11.6. The molecule has 1 heterocycles. The molecule has 0 radical (unpaired) electrons. The normalized spacial score (nSPS) is 17.8. The fourth-order valence-electron chi connectivity index (χ4n) is 6.79. The van der Waals surface area contributed by atoms with E-state index in [1.165, 1.54) is 5.56 Å². The van der Waals surface area contributed by atoms with E-state index in [9.17, 15) is 29.1 Å². The van der Waals surface area contributed by atoms with Gasteiger partial charge in [0, 0.05) is 31.5 Å². The van der Waals surface area contributed by atoms with Crippen molar-refractivity contribution in [2.45, 2.75) is 101 Å². The molecule has 4 amide bonds. The van der Waals surface area contributed by atoms with Crippen molar-refractivity contribution in [3.05, 3.63) is 71.8 Å². The first-order valence-corrected chi connectivity index (χ1v) is 18.6. The number of hydrogen-bond acceptors (Lipinski definition) is 8. The van der Waals surface area contributed by atoms with E-state index in [1.807, 2.05) is 62.4 Å². The molecule has 284 valence electrons. The molecule has 1 saturated carbocycles. The summed E-state index contributed by atoms with van der Waals surface area (Å²) in [7, 11) is 0. The lowest BCUT2D eigenvalue weighted by Gasteiger charge is -2.38. The maximum Gasteiger partial charge on any atom is 0.323 e. The maximum atomic E-state index is 13.9. The van der Waals surface area contributed by atoms with Gasteiger partial charge in [-0.05, 0) is 75.0 Å². The first-order valence-electron chi connectivity index (χ1n) is 18.6. The predicted molar refractivity (Wildman–Crippen MR) is 199 cm³/mol. The quantitative estimate of drug-likeness (QED) is 0.0990. The highest BCUT2D eigenvalue weighted by Crippen LogP contribution is 2.47. The standard InChI is InChI=1S/C39H57N7O6/c1-27(2)23-31(34(48)44-30(15-9-10-20-40)36(50)46-21-18-39(41,19-22-46)37(51)52)45-35(49)32(24-28-11-5-3-6-12-28)43-33(47)25-42-26-38(16-17-38)29-13-7-4-8-14-29/h3-8,11-14,27,30-32,42H,9-10,15-26,40-41H2,1-2H3,(H,43,47)(H,44,48)(H,45,49)(H,51,52)/t30?,31-,32-/m1/s1. The molecule has 9 N–H and O–H groups in total. The van der Waals surface area contributed by atoms with Crippen molar-refractivity contribution in [1.82, 2.24) is 26.2 Å². The summed E-state index contributed by atoms with van der Waals surface area (Å²) in [5.41, 5.74) is 12.4. The Labute approximate surface area is 307 Å². The van der Waals surface area contributed by atoms with Crippen molar-refractivity contribution in [2.24, 2.45) is 17.4 Å². The van der Waals surface area contributed by atoms with Crippen LogP contribution in [0.3, 0.4) is 0 Å². The van der Waals surface area contributed by atoms with Gasteiger partial charge in [-0.3, -0.25) is 24.0 Å². The van der Waals surface area contributed by atoms with E-state index in [2.05, 4.69) is 33.4 Å². The van der Waals surface area contributed by atoms with E-state index in [0.29, 0.717) is 38.8 Å². The molecule has 0 spiro atoms. The molecule has 13 nitrogen and oxygen atoms in total. The number of benzene rings is 2. The summed E-state index contributed by atoms with van der Waals surface area (Å²) in [6.45, 7) is 5.28. The van der Waals surface area contributed by atoms with Crippen LogP contribution in [0.2, 0.25) is 0 Å². The molecular formula is C39H57N7O6. The van der Waals surface area contributed by atoms with E-state index in [-0.39, 0.29) is 62.0 Å². The van der Waals surface area contributed by atoms with Gasteiger partial charge in [0.2, 0.25) is 23.6 Å². The number of piperidine rings is 1. The summed E-state index contributed by atoms with van der Waals surface area (Å²) in [6, 6.07) is 16.8. The van der Waals surface area contributed by atoms with Gasteiger partial charge >= 0.3 is 5.97 Å². The fraction of sp³-hybridized carbons (Fsp3) is 0.564. The Balaban J connectivity index is 1.42. The summed E-state index contributed by atoms with van der Waals surface area (Å²) in [4.78, 5) is 67.9. The Morgan fingerprint density at radius 2 is 1.40 bits per heavy atom. The van der Waals surface area contributed by atoms with Gasteiger partial charge in [0.15, 0.2) is 0 Å². The van der Waals surface area contributed by atoms with Gasteiger partial charge in [0.05, 0.1) is 6.54 Å². The molecule has 13 heteroatoms. The largest absolute Gasteiger partial charge is 0.480 e. The Hall–Kier alpha value is -4.33. The maximum absolute atomic E-state index is 13.9. The van der Waals surface area contributed by atoms with Gasteiger partial charge in [-0.1, -0.05) is 74.5 Å². The van der Waals surface area contributed by atoms with Crippen LogP contribution in [-0.4, -0.2) is 96.0 Å². The zero-order valence-corrected chi connectivity index (χ0v) is 30.6. The van der Waals surface area contributed by atoms with Gasteiger partial charge in [0.1, 0.15) is 23.7 Å². The van der Waals surface area contributed by atoms with E-state index in [4.69, 9.17) is 11.5 Å². The summed E-state index contributed by atoms with van der Waals surface area (Å²) in [5, 5.41) is 21.5. The Kier molecular flexibility index (Phi) is 14.7. The SMILES string of the molecule is CC(C)C[C@@H](NC(=O)[C@@H](Cc1ccccc1)NC(=O)CNCC1(c2ccccc2)CC1)C(=O)NC(CCCCN)C(=O)N1CCC(N)(C(=O)O)CC1. The third-order valence-electron chi connectivity index (χ3n) is 10.2. The first kappa shape index (κ1) is 40.4. The van der Waals surface area contributed by atoms with E-state index >= 15 is 0 Å². The van der Waals surface area contributed by atoms with Crippen LogP contribution < -0.4 is 32.7 Å². The zero-order valence-electron chi connectivity index (χ0n) is 30.6. The van der Waals surface area contributed by atoms with Gasteiger partial charge < -0.3 is 42.7 Å². The Morgan fingerprint density at radius 3 is 1.98 bits per heavy atom. The highest BCUT2D eigenvalue weighted by atomic mass is 16.4. The number of carbonyl (C=O) groups is 5. The van der Waals surface area contributed by atoms with Gasteiger partial charge in [-0.2, -0.15) is 0 Å². The number of hydrogen-bond donors (Lipinski definition) is 7. The molecular weight excluding hydrogens is 662 g/mol. The van der Waals surface area contributed by atoms with Gasteiger partial charge in [-0.25, -0.2) is 0 Å². The van der Waals surface area contributed by atoms with Crippen molar-refractivity contribution in [1.29, 1.82) is 0 Å². The second-order valence-electron chi connectivity index (χ2n) is 14.9. The lowest BCUT2D eigenvalue weighted by molar-refractivity contribution is -0.148. The van der Waals surface area contributed by atoms with Crippen LogP contribution in [0.5, 0.6) is 0 Å². The van der Waals surface area contributed by atoms with E-state index in [0.717, 1.165) is 18.4 Å². The molecule has 4 rings (SSSR count). The monoisotopic (exact) mass is 719 g/mol. The summed E-state index contributed by atoms with van der Waals surface area (Å²) in [6.07, 6.45) is 4.37. The van der Waals surface area contributed by atoms with Crippen LogP contribution in [0.25, 0.3) is 0 Å². The number of carboxylic acid groups (broad SMARTS) is 1. The minimum absolute atomic E-state index is 0.0176. The zero-order chi connectivity index (χ0) is 37.7. The van der Waals surface area contributed by atoms with Gasteiger partial charge in [0.25, 0.3) is 0 Å². The lowest BCUT2D eigenvalue weighted by Crippen LogP contribution is -2.60. The second-order valence-corrected chi connectivity index (χ2v) is 14.9. The molecule has 2 aromatic carbocycles. The number of rotatable bonds is 20. The third-order valence-corrected chi connectivity index (χ3v) is 10.2. The predicted octanol–water partition coefficient (Wildman–Crippen LogP) is 1.58. The molecule has 1 aliphatic carbocycles. The molecule has 1 saturated heterocycles. The molecule has 2 aliphatic rings. The highest BCUT2D eigenvalue weighted by Gasteiger charge is 2.44. The average molecular weight is 720 g/mol. The Morgan fingerprint density at radius 1 is 0.808 bits per heavy atom. The molecule has 0 bridgehead atoms. The van der Waals surface area contributed by atoms with Crippen LogP contribution >= 0.6 is 0 Å². The minimum Gasteiger partial charge on any atom is -0.480 e. The molecule has 0 aromatic heterocycles. The number of carbonyl (C=O) groups excluding carboxylic acids is 4. The smallest absolute Gasteiger partial charge is 0.323 e. The van der Waals surface area contributed by atoms with E-state index < -0.39 is 41.4 Å². The van der Waals surface area contributed by atoms with Crippen molar-refractivity contribution >= 4 is 29.6 Å². The molecule has 2 fully saturated rings. The minimum atomic E-state index is -1.40. The molecule has 1 unspecified atom stereocenters. The summed E-state index contributed by atoms with van der Waals surface area (Å²) < 4.78 is 0. The number of nitrogens with two attached hydrogens (primary N) is 2. The molecule has 52 heavy (non-hydrogen) atoms. The first-order chi connectivity index (χ1) is 24.9. The molecule has 2 aromatic rings. The number of carboxylic acids is 1. The Bertz CT molecular complexity index is 1490. The number of nitrogens with one attached hydrogen (secondary N) is 4. The van der Waals surface area contributed by atoms with Crippen LogP contribution in [0, 0.1) is 5.92 Å². The van der Waals surface area contributed by atoms with Gasteiger partial charge in [-0.15, -0.1) is 0 Å². The lowest BCUT2D eigenvalue weighted by atomic mass is 9.88. The average Bonchev–Trinajstić information content (AvgIpc) is 3.92. The van der Waals surface area contributed by atoms with Crippen LogP contribution in [0.1, 0.15) is 76.3 Å². The van der Waals surface area contributed by atoms with Crippen molar-refractivity contribution in [3.8, 4) is 0 Å². The summed E-state index contributed by atoms with van der Waals surface area (Å²) in [5.74, 6) is -2.76.